The van der Waals surface area contributed by atoms with Crippen molar-refractivity contribution in [2.75, 3.05) is 31.6 Å². The number of carbonyl (C=O) groups excluding carboxylic acids is 2. The van der Waals surface area contributed by atoms with E-state index in [9.17, 15) is 14.0 Å². The Kier molecular flexibility index (Phi) is 8.66. The van der Waals surface area contributed by atoms with E-state index < -0.39 is 5.97 Å². The van der Waals surface area contributed by atoms with Crippen molar-refractivity contribution >= 4 is 17.6 Å². The Labute approximate surface area is 221 Å². The number of ether oxygens (including phenoxy) is 1. The van der Waals surface area contributed by atoms with E-state index in [1.807, 2.05) is 31.2 Å². The number of benzene rings is 3. The molecule has 1 heterocycles. The molecule has 0 saturated heterocycles. The van der Waals surface area contributed by atoms with E-state index in [-0.39, 0.29) is 11.7 Å². The zero-order chi connectivity index (χ0) is 27.1. The maximum absolute atomic E-state index is 13.4. The molecule has 7 nitrogen and oxygen atoms in total. The summed E-state index contributed by atoms with van der Waals surface area (Å²) in [6, 6.07) is 20.2. The molecule has 8 heteroatoms. The first-order chi connectivity index (χ1) is 18.4. The number of carbonyl (C=O) groups is 2. The fourth-order valence-electron chi connectivity index (χ4n) is 3.97. The summed E-state index contributed by atoms with van der Waals surface area (Å²) in [6.45, 7) is 8.92. The largest absolute Gasteiger partial charge is 0.461 e. The zero-order valence-corrected chi connectivity index (χ0v) is 21.8. The average Bonchev–Trinajstić information content (AvgIpc) is 3.38. The highest BCUT2D eigenvalue weighted by Gasteiger charge is 2.19. The van der Waals surface area contributed by atoms with Crippen molar-refractivity contribution in [2.45, 2.75) is 20.8 Å². The lowest BCUT2D eigenvalue weighted by Crippen LogP contribution is -2.27. The summed E-state index contributed by atoms with van der Waals surface area (Å²) in [5.74, 6) is -1.12. The molecule has 0 unspecified atom stereocenters. The fraction of sp³-hybridized carbons (Fsp3) is 0.233. The van der Waals surface area contributed by atoms with E-state index in [1.54, 1.807) is 47.3 Å². The van der Waals surface area contributed by atoms with Gasteiger partial charge in [0.05, 0.1) is 16.8 Å². The van der Waals surface area contributed by atoms with E-state index in [0.29, 0.717) is 41.3 Å². The van der Waals surface area contributed by atoms with Gasteiger partial charge in [-0.25, -0.2) is 13.9 Å². The summed E-state index contributed by atoms with van der Waals surface area (Å²) >= 11 is 0. The second-order valence-electron chi connectivity index (χ2n) is 8.87. The molecule has 4 aromatic rings. The van der Waals surface area contributed by atoms with Crippen LogP contribution >= 0.6 is 0 Å². The number of rotatable bonds is 10. The molecule has 1 amide bonds. The second kappa shape index (κ2) is 12.3. The van der Waals surface area contributed by atoms with Gasteiger partial charge in [-0.1, -0.05) is 43.7 Å². The lowest BCUT2D eigenvalue weighted by atomic mass is 10.1. The van der Waals surface area contributed by atoms with Crippen molar-refractivity contribution < 1.29 is 18.7 Å². The van der Waals surface area contributed by atoms with Crippen LogP contribution in [0.4, 0.5) is 10.1 Å². The first kappa shape index (κ1) is 26.8. The monoisotopic (exact) mass is 514 g/mol. The van der Waals surface area contributed by atoms with E-state index in [4.69, 9.17) is 4.74 Å². The Bertz CT molecular complexity index is 1380. The van der Waals surface area contributed by atoms with Crippen LogP contribution in [-0.2, 0) is 4.74 Å². The molecule has 0 aliphatic heterocycles. The summed E-state index contributed by atoms with van der Waals surface area (Å²) in [6.07, 6.45) is 1.62. The van der Waals surface area contributed by atoms with Crippen LogP contribution < -0.4 is 5.32 Å². The number of amides is 1. The van der Waals surface area contributed by atoms with E-state index in [0.717, 1.165) is 24.2 Å². The minimum Gasteiger partial charge on any atom is -0.461 e. The third kappa shape index (κ3) is 6.52. The molecule has 0 saturated carbocycles. The molecule has 4 rings (SSSR count). The Morgan fingerprint density at radius 3 is 2.24 bits per heavy atom. The quantitative estimate of drug-likeness (QED) is 0.273. The molecular formula is C30H31FN4O3. The number of nitrogens with zero attached hydrogens (tertiary/aromatic N) is 3. The number of nitrogens with one attached hydrogen (secondary N) is 1. The predicted molar refractivity (Wildman–Crippen MR) is 146 cm³/mol. The minimum absolute atomic E-state index is 0.318. The van der Waals surface area contributed by atoms with Gasteiger partial charge < -0.3 is 15.0 Å². The van der Waals surface area contributed by atoms with Crippen molar-refractivity contribution in [3.8, 4) is 16.9 Å². The first-order valence-corrected chi connectivity index (χ1v) is 12.6. The number of aryl methyl sites for hydroxylation is 1. The molecule has 0 fully saturated rings. The summed E-state index contributed by atoms with van der Waals surface area (Å²) < 4.78 is 20.4. The Hall–Kier alpha value is -4.30. The van der Waals surface area contributed by atoms with Crippen molar-refractivity contribution in [3.05, 3.63) is 102 Å². The molecule has 0 radical (unpaired) electrons. The summed E-state index contributed by atoms with van der Waals surface area (Å²) in [5, 5.41) is 7.51. The molecule has 38 heavy (non-hydrogen) atoms. The molecule has 0 atom stereocenters. The number of esters is 1. The van der Waals surface area contributed by atoms with Crippen LogP contribution in [0, 0.1) is 12.7 Å². The van der Waals surface area contributed by atoms with Crippen LogP contribution in [0.15, 0.2) is 79.0 Å². The highest BCUT2D eigenvalue weighted by atomic mass is 19.1. The minimum atomic E-state index is -0.405. The van der Waals surface area contributed by atoms with Gasteiger partial charge in [-0.2, -0.15) is 5.10 Å². The SMILES string of the molecule is CCN(CC)CCOC(=O)c1ccc(NC(=O)c2cn(-c3ccc(F)cc3)nc2-c2ccc(C)cc2)cc1. The Morgan fingerprint density at radius 2 is 1.61 bits per heavy atom. The van der Waals surface area contributed by atoms with Crippen molar-refractivity contribution in [2.24, 2.45) is 0 Å². The third-order valence-corrected chi connectivity index (χ3v) is 6.29. The molecule has 0 aliphatic rings. The van der Waals surface area contributed by atoms with Crippen LogP contribution in [0.2, 0.25) is 0 Å². The van der Waals surface area contributed by atoms with E-state index in [2.05, 4.69) is 29.2 Å². The number of anilines is 1. The normalized spacial score (nSPS) is 11.0. The topological polar surface area (TPSA) is 76.5 Å². The zero-order valence-electron chi connectivity index (χ0n) is 21.8. The van der Waals surface area contributed by atoms with Gasteiger partial charge in [0.25, 0.3) is 5.91 Å². The Morgan fingerprint density at radius 1 is 0.947 bits per heavy atom. The van der Waals surface area contributed by atoms with Crippen LogP contribution in [0.5, 0.6) is 0 Å². The highest BCUT2D eigenvalue weighted by Crippen LogP contribution is 2.25. The maximum Gasteiger partial charge on any atom is 0.338 e. The second-order valence-corrected chi connectivity index (χ2v) is 8.87. The number of hydrogen-bond donors (Lipinski definition) is 1. The molecule has 0 spiro atoms. The number of halogens is 1. The van der Waals surface area contributed by atoms with Gasteiger partial charge in [0, 0.05) is 24.0 Å². The first-order valence-electron chi connectivity index (χ1n) is 12.6. The van der Waals surface area contributed by atoms with E-state index in [1.165, 1.54) is 12.1 Å². The van der Waals surface area contributed by atoms with Gasteiger partial charge >= 0.3 is 5.97 Å². The van der Waals surface area contributed by atoms with Gasteiger partial charge in [-0.3, -0.25) is 4.79 Å². The third-order valence-electron chi connectivity index (χ3n) is 6.29. The van der Waals surface area contributed by atoms with Gasteiger partial charge in [0.15, 0.2) is 0 Å². The smallest absolute Gasteiger partial charge is 0.338 e. The van der Waals surface area contributed by atoms with Crippen molar-refractivity contribution in [1.29, 1.82) is 0 Å². The van der Waals surface area contributed by atoms with Crippen molar-refractivity contribution in [3.63, 3.8) is 0 Å². The van der Waals surface area contributed by atoms with Crippen LogP contribution in [-0.4, -0.2) is 52.8 Å². The predicted octanol–water partition coefficient (Wildman–Crippen LogP) is 5.74. The molecule has 3 aromatic carbocycles. The van der Waals surface area contributed by atoms with Gasteiger partial charge in [0.1, 0.15) is 18.1 Å². The molecule has 1 N–H and O–H groups in total. The van der Waals surface area contributed by atoms with Gasteiger partial charge in [-0.15, -0.1) is 0 Å². The highest BCUT2D eigenvalue weighted by molar-refractivity contribution is 6.08. The Balaban J connectivity index is 1.51. The number of likely N-dealkylation sites (N-methyl/N-ethyl adjacent to an activating group) is 1. The number of aromatic nitrogens is 2. The van der Waals surface area contributed by atoms with E-state index >= 15 is 0 Å². The van der Waals surface area contributed by atoms with Gasteiger partial charge in [-0.05, 0) is 68.5 Å². The maximum atomic E-state index is 13.4. The summed E-state index contributed by atoms with van der Waals surface area (Å²) in [4.78, 5) is 27.9. The van der Waals surface area contributed by atoms with Gasteiger partial charge in [0.2, 0.25) is 0 Å². The van der Waals surface area contributed by atoms with Crippen LogP contribution in [0.3, 0.4) is 0 Å². The average molecular weight is 515 g/mol. The molecule has 1 aromatic heterocycles. The lowest BCUT2D eigenvalue weighted by Gasteiger charge is -2.17. The standard InChI is InChI=1S/C30H31FN4O3/c1-4-34(5-2)18-19-38-30(37)23-10-14-25(15-11-23)32-29(36)27-20-35(26-16-12-24(31)13-17-26)33-28(27)22-8-6-21(3)7-9-22/h6-17,20H,4-5,18-19H2,1-3H3,(H,32,36). The molecule has 0 aliphatic carbocycles. The molecule has 0 bridgehead atoms. The van der Waals surface area contributed by atoms with Crippen LogP contribution in [0.1, 0.15) is 40.1 Å². The number of hydrogen-bond acceptors (Lipinski definition) is 5. The van der Waals surface area contributed by atoms with Crippen LogP contribution in [0.25, 0.3) is 16.9 Å². The fourth-order valence-corrected chi connectivity index (χ4v) is 3.97. The molecular weight excluding hydrogens is 483 g/mol. The summed E-state index contributed by atoms with van der Waals surface area (Å²) in [5.41, 5.74) is 4.29. The summed E-state index contributed by atoms with van der Waals surface area (Å²) in [7, 11) is 0. The van der Waals surface area contributed by atoms with Crippen molar-refractivity contribution in [1.82, 2.24) is 14.7 Å². The lowest BCUT2D eigenvalue weighted by molar-refractivity contribution is 0.0466. The molecule has 196 valence electrons.